The number of carbonyl (C=O) groups is 1. The van der Waals surface area contributed by atoms with E-state index < -0.39 is 0 Å². The van der Waals surface area contributed by atoms with Gasteiger partial charge >= 0.3 is 6.09 Å². The maximum atomic E-state index is 12.7. The number of piperidine rings is 3. The Balaban J connectivity index is 1.30. The van der Waals surface area contributed by atoms with Gasteiger partial charge in [-0.15, -0.1) is 0 Å². The van der Waals surface area contributed by atoms with E-state index in [1.54, 1.807) is 7.11 Å². The molecule has 5 nitrogen and oxygen atoms in total. The number of nitrogens with zero attached hydrogens (tertiary/aromatic N) is 1. The van der Waals surface area contributed by atoms with Crippen molar-refractivity contribution in [2.45, 2.75) is 44.2 Å². The highest BCUT2D eigenvalue weighted by atomic mass is 16.6. The number of rotatable bonds is 4. The molecule has 1 unspecified atom stereocenters. The molecule has 1 amide bonds. The van der Waals surface area contributed by atoms with Crippen LogP contribution in [0.5, 0.6) is 5.75 Å². The van der Waals surface area contributed by atoms with Crippen molar-refractivity contribution in [3.05, 3.63) is 53.6 Å². The predicted octanol–water partition coefficient (Wildman–Crippen LogP) is 4.56. The minimum Gasteiger partial charge on any atom is -0.496 e. The van der Waals surface area contributed by atoms with Gasteiger partial charge in [-0.1, -0.05) is 36.4 Å². The van der Waals surface area contributed by atoms with Crippen LogP contribution in [0.25, 0.3) is 11.1 Å². The van der Waals surface area contributed by atoms with E-state index in [4.69, 9.17) is 9.47 Å². The molecule has 2 atom stereocenters. The fraction of sp³-hybridized carbons (Fsp3) is 0.480. The first-order chi connectivity index (χ1) is 14.7. The van der Waals surface area contributed by atoms with Crippen molar-refractivity contribution < 1.29 is 14.3 Å². The highest BCUT2D eigenvalue weighted by molar-refractivity contribution is 5.72. The van der Waals surface area contributed by atoms with E-state index in [2.05, 4.69) is 34.5 Å². The van der Waals surface area contributed by atoms with E-state index in [1.807, 2.05) is 18.2 Å². The van der Waals surface area contributed by atoms with Gasteiger partial charge in [-0.25, -0.2) is 4.79 Å². The molecule has 2 aromatic rings. The number of hydrogen-bond donors (Lipinski definition) is 1. The Bertz CT molecular complexity index is 920. The van der Waals surface area contributed by atoms with Gasteiger partial charge in [-0.05, 0) is 73.9 Å². The second-order valence-electron chi connectivity index (χ2n) is 8.78. The van der Waals surface area contributed by atoms with E-state index in [1.165, 1.54) is 11.1 Å². The third-order valence-electron chi connectivity index (χ3n) is 7.02. The smallest absolute Gasteiger partial charge is 0.407 e. The zero-order valence-corrected chi connectivity index (χ0v) is 17.6. The van der Waals surface area contributed by atoms with Crippen LogP contribution in [0.2, 0.25) is 0 Å². The van der Waals surface area contributed by atoms with Crippen molar-refractivity contribution in [1.82, 2.24) is 10.2 Å². The summed E-state index contributed by atoms with van der Waals surface area (Å²) in [5, 5.41) is 3.16. The van der Waals surface area contributed by atoms with Crippen LogP contribution < -0.4 is 10.1 Å². The van der Waals surface area contributed by atoms with Gasteiger partial charge in [0.05, 0.1) is 13.2 Å². The van der Waals surface area contributed by atoms with Crippen molar-refractivity contribution in [3.63, 3.8) is 0 Å². The minimum absolute atomic E-state index is 0.0223. The number of fused-ring (bicyclic) bond motifs is 4. The lowest BCUT2D eigenvalue weighted by Crippen LogP contribution is -2.52. The molecule has 6 rings (SSSR count). The molecule has 1 aliphatic carbocycles. The van der Waals surface area contributed by atoms with Crippen LogP contribution in [0.1, 0.15) is 42.9 Å². The van der Waals surface area contributed by atoms with Crippen molar-refractivity contribution in [2.75, 3.05) is 26.7 Å². The summed E-state index contributed by atoms with van der Waals surface area (Å²) < 4.78 is 11.4. The summed E-state index contributed by atoms with van der Waals surface area (Å²) in [7, 11) is 1.71. The molecule has 4 aliphatic rings. The Morgan fingerprint density at radius 1 is 1.10 bits per heavy atom. The van der Waals surface area contributed by atoms with Gasteiger partial charge in [0, 0.05) is 12.1 Å². The molecular formula is C25H30N2O3. The molecule has 0 spiro atoms. The zero-order chi connectivity index (χ0) is 20.5. The Morgan fingerprint density at radius 2 is 1.93 bits per heavy atom. The molecule has 2 aromatic carbocycles. The Morgan fingerprint density at radius 3 is 2.70 bits per heavy atom. The number of ether oxygens (including phenoxy) is 2. The third kappa shape index (κ3) is 3.79. The number of hydrogen-bond acceptors (Lipinski definition) is 4. The van der Waals surface area contributed by atoms with Gasteiger partial charge < -0.3 is 14.8 Å². The summed E-state index contributed by atoms with van der Waals surface area (Å²) in [6.07, 6.45) is 5.13. The fourth-order valence-corrected chi connectivity index (χ4v) is 5.37. The topological polar surface area (TPSA) is 50.8 Å². The molecule has 30 heavy (non-hydrogen) atoms. The molecule has 0 saturated carbocycles. The van der Waals surface area contributed by atoms with Crippen LogP contribution in [0, 0.1) is 5.92 Å². The molecule has 158 valence electrons. The van der Waals surface area contributed by atoms with Crippen LogP contribution in [-0.4, -0.2) is 43.8 Å². The monoisotopic (exact) mass is 406 g/mol. The lowest BCUT2D eigenvalue weighted by Gasteiger charge is -2.44. The van der Waals surface area contributed by atoms with Gasteiger partial charge in [0.1, 0.15) is 11.9 Å². The number of methoxy groups -OCH3 is 1. The molecular weight excluding hydrogens is 376 g/mol. The van der Waals surface area contributed by atoms with E-state index in [9.17, 15) is 4.79 Å². The largest absolute Gasteiger partial charge is 0.496 e. The van der Waals surface area contributed by atoms with Gasteiger partial charge in [0.15, 0.2) is 0 Å². The number of benzene rings is 2. The van der Waals surface area contributed by atoms with Crippen molar-refractivity contribution in [2.24, 2.45) is 5.92 Å². The number of alkyl carbamates (subject to hydrolysis) is 1. The van der Waals surface area contributed by atoms with Crippen LogP contribution >= 0.6 is 0 Å². The quantitative estimate of drug-likeness (QED) is 0.809. The molecule has 3 saturated heterocycles. The fourth-order valence-electron chi connectivity index (χ4n) is 5.37. The Kier molecular flexibility index (Phi) is 5.38. The molecule has 3 aliphatic heterocycles. The zero-order valence-electron chi connectivity index (χ0n) is 17.6. The molecule has 0 aromatic heterocycles. The van der Waals surface area contributed by atoms with Crippen LogP contribution in [0.3, 0.4) is 0 Å². The summed E-state index contributed by atoms with van der Waals surface area (Å²) in [6, 6.07) is 14.7. The Labute approximate surface area is 178 Å². The van der Waals surface area contributed by atoms with Crippen LogP contribution in [0.4, 0.5) is 4.79 Å². The van der Waals surface area contributed by atoms with E-state index in [0.29, 0.717) is 5.92 Å². The number of aryl methyl sites for hydroxylation is 1. The number of amides is 1. The summed E-state index contributed by atoms with van der Waals surface area (Å²) in [5.41, 5.74) is 4.77. The second-order valence-corrected chi connectivity index (χ2v) is 8.78. The van der Waals surface area contributed by atoms with Crippen LogP contribution in [-0.2, 0) is 11.2 Å². The number of nitrogens with one attached hydrogen (secondary N) is 1. The van der Waals surface area contributed by atoms with Gasteiger partial charge in [0.2, 0.25) is 0 Å². The first kappa shape index (κ1) is 19.4. The summed E-state index contributed by atoms with van der Waals surface area (Å²) in [6.45, 7) is 3.19. The highest BCUT2D eigenvalue weighted by Gasteiger charge is 2.37. The standard InChI is InChI=1S/C25H30N2O3/c1-29-23-8-3-2-6-21(23)19-9-10-20-18(15-19)5-4-7-22(20)26-25(28)30-24-16-27-13-11-17(24)12-14-27/h2-3,6,8-10,15,17,22,24H,4-5,7,11-14,16H2,1H3,(H,26,28)/t22?,24-/m1/s1. The van der Waals surface area contributed by atoms with Gasteiger partial charge in [0.25, 0.3) is 0 Å². The minimum atomic E-state index is -0.264. The normalized spacial score (nSPS) is 27.2. The maximum Gasteiger partial charge on any atom is 0.407 e. The van der Waals surface area contributed by atoms with Crippen molar-refractivity contribution in [3.8, 4) is 16.9 Å². The molecule has 2 bridgehead atoms. The molecule has 5 heteroatoms. The molecule has 0 radical (unpaired) electrons. The van der Waals surface area contributed by atoms with Gasteiger partial charge in [-0.3, -0.25) is 4.90 Å². The molecule has 1 N–H and O–H groups in total. The number of carbonyl (C=O) groups excluding carboxylic acids is 1. The second kappa shape index (κ2) is 8.31. The predicted molar refractivity (Wildman–Crippen MR) is 117 cm³/mol. The van der Waals surface area contributed by atoms with E-state index >= 15 is 0 Å². The first-order valence-electron chi connectivity index (χ1n) is 11.2. The highest BCUT2D eigenvalue weighted by Crippen LogP contribution is 2.36. The average Bonchev–Trinajstić information content (AvgIpc) is 2.79. The lowest BCUT2D eigenvalue weighted by atomic mass is 9.85. The van der Waals surface area contributed by atoms with Crippen molar-refractivity contribution >= 4 is 6.09 Å². The summed E-state index contributed by atoms with van der Waals surface area (Å²) in [5.74, 6) is 1.41. The summed E-state index contributed by atoms with van der Waals surface area (Å²) >= 11 is 0. The van der Waals surface area contributed by atoms with Gasteiger partial charge in [-0.2, -0.15) is 0 Å². The molecule has 3 heterocycles. The SMILES string of the molecule is COc1ccccc1-c1ccc2c(c1)CCCC2NC(=O)O[C@@H]1CN2CCC1CC2. The first-order valence-corrected chi connectivity index (χ1v) is 11.2. The number of para-hydroxylation sites is 1. The average molecular weight is 407 g/mol. The lowest BCUT2D eigenvalue weighted by molar-refractivity contribution is -0.0340. The van der Waals surface area contributed by atoms with Crippen molar-refractivity contribution in [1.29, 1.82) is 0 Å². The molecule has 3 fully saturated rings. The maximum absolute atomic E-state index is 12.7. The van der Waals surface area contributed by atoms with E-state index in [-0.39, 0.29) is 18.2 Å². The third-order valence-corrected chi connectivity index (χ3v) is 7.02. The summed E-state index contributed by atoms with van der Waals surface area (Å²) in [4.78, 5) is 15.1. The van der Waals surface area contributed by atoms with E-state index in [0.717, 1.165) is 68.6 Å². The van der Waals surface area contributed by atoms with Crippen LogP contribution in [0.15, 0.2) is 42.5 Å². The Hall–Kier alpha value is -2.53.